The molecular formula is C16H25N3O3S. The summed E-state index contributed by atoms with van der Waals surface area (Å²) in [5.41, 5.74) is 2.20. The summed E-state index contributed by atoms with van der Waals surface area (Å²) in [6.45, 7) is 4.58. The molecule has 23 heavy (non-hydrogen) atoms. The van der Waals surface area contributed by atoms with Gasteiger partial charge in [0.25, 0.3) is 10.2 Å². The van der Waals surface area contributed by atoms with Gasteiger partial charge in [-0.25, -0.2) is 0 Å². The quantitative estimate of drug-likeness (QED) is 0.879. The molecule has 0 aromatic heterocycles. The van der Waals surface area contributed by atoms with E-state index < -0.39 is 10.2 Å². The molecule has 6 nitrogen and oxygen atoms in total. The number of nitrogens with zero attached hydrogens (tertiary/aromatic N) is 2. The van der Waals surface area contributed by atoms with Crippen LogP contribution >= 0.6 is 0 Å². The molecule has 2 rings (SSSR count). The first-order chi connectivity index (χ1) is 10.7. The van der Waals surface area contributed by atoms with Crippen molar-refractivity contribution in [1.82, 2.24) is 13.9 Å². The standard InChI is InChI=1S/C16H25N3O3S/c1-12-6-5-7-14(10-12)13(2)17-16(20)15-8-9-19(11-15)23(21,22)18(3)4/h5-7,10,13,15H,8-9,11H2,1-4H3,(H,17,20)/t13-,15?/m1/s1. The minimum absolute atomic E-state index is 0.0875. The van der Waals surface area contributed by atoms with Crippen molar-refractivity contribution in [2.45, 2.75) is 26.3 Å². The van der Waals surface area contributed by atoms with Gasteiger partial charge in [-0.2, -0.15) is 17.0 Å². The van der Waals surface area contributed by atoms with Gasteiger partial charge in [0.05, 0.1) is 12.0 Å². The topological polar surface area (TPSA) is 69.7 Å². The third kappa shape index (κ3) is 4.10. The zero-order valence-electron chi connectivity index (χ0n) is 14.1. The van der Waals surface area contributed by atoms with E-state index >= 15 is 0 Å². The Bertz CT molecular complexity index is 673. The van der Waals surface area contributed by atoms with E-state index in [9.17, 15) is 13.2 Å². The molecule has 7 heteroatoms. The first kappa shape index (κ1) is 17.9. The second-order valence-electron chi connectivity index (χ2n) is 6.28. The van der Waals surface area contributed by atoms with E-state index in [1.807, 2.05) is 38.1 Å². The van der Waals surface area contributed by atoms with Gasteiger partial charge in [-0.05, 0) is 25.8 Å². The van der Waals surface area contributed by atoms with Crippen molar-refractivity contribution in [1.29, 1.82) is 0 Å². The van der Waals surface area contributed by atoms with Crippen molar-refractivity contribution in [2.24, 2.45) is 5.92 Å². The maximum Gasteiger partial charge on any atom is 0.281 e. The molecule has 128 valence electrons. The average molecular weight is 339 g/mol. The van der Waals surface area contributed by atoms with E-state index in [0.29, 0.717) is 13.0 Å². The second-order valence-corrected chi connectivity index (χ2v) is 8.42. The molecule has 1 N–H and O–H groups in total. The summed E-state index contributed by atoms with van der Waals surface area (Å²) >= 11 is 0. The van der Waals surface area contributed by atoms with Crippen molar-refractivity contribution in [3.8, 4) is 0 Å². The van der Waals surface area contributed by atoms with Gasteiger partial charge in [0.1, 0.15) is 0 Å². The molecule has 0 bridgehead atoms. The molecule has 1 aliphatic heterocycles. The SMILES string of the molecule is Cc1cccc([C@@H](C)NC(=O)C2CCN(S(=O)(=O)N(C)C)C2)c1. The monoisotopic (exact) mass is 339 g/mol. The third-order valence-corrected chi connectivity index (χ3v) is 6.12. The molecule has 1 saturated heterocycles. The predicted octanol–water partition coefficient (Wildman–Crippen LogP) is 1.30. The number of hydrogen-bond acceptors (Lipinski definition) is 3. The van der Waals surface area contributed by atoms with Crippen molar-refractivity contribution >= 4 is 16.1 Å². The summed E-state index contributed by atoms with van der Waals surface area (Å²) in [7, 11) is -0.438. The predicted molar refractivity (Wildman–Crippen MR) is 90.0 cm³/mol. The molecule has 0 spiro atoms. The average Bonchev–Trinajstić information content (AvgIpc) is 2.97. The molecule has 2 atom stereocenters. The fraction of sp³-hybridized carbons (Fsp3) is 0.562. The third-order valence-electron chi connectivity index (χ3n) is 4.21. The largest absolute Gasteiger partial charge is 0.349 e. The summed E-state index contributed by atoms with van der Waals surface area (Å²) in [4.78, 5) is 12.4. The summed E-state index contributed by atoms with van der Waals surface area (Å²) < 4.78 is 26.8. The molecule has 1 aromatic rings. The number of carbonyl (C=O) groups excluding carboxylic acids is 1. The Morgan fingerprint density at radius 3 is 2.70 bits per heavy atom. The minimum atomic E-state index is -3.44. The van der Waals surface area contributed by atoms with Crippen LogP contribution in [0.25, 0.3) is 0 Å². The zero-order valence-corrected chi connectivity index (χ0v) is 14.9. The second kappa shape index (κ2) is 6.98. The molecule has 1 amide bonds. The van der Waals surface area contributed by atoms with Gasteiger partial charge in [0.2, 0.25) is 5.91 Å². The lowest BCUT2D eigenvalue weighted by Crippen LogP contribution is -2.40. The molecule has 0 radical (unpaired) electrons. The molecule has 0 saturated carbocycles. The van der Waals surface area contributed by atoms with Crippen LogP contribution in [0.4, 0.5) is 0 Å². The van der Waals surface area contributed by atoms with E-state index in [0.717, 1.165) is 11.1 Å². The highest BCUT2D eigenvalue weighted by molar-refractivity contribution is 7.86. The number of amides is 1. The van der Waals surface area contributed by atoms with Crippen LogP contribution in [0.2, 0.25) is 0 Å². The Hall–Kier alpha value is -1.44. The van der Waals surface area contributed by atoms with Gasteiger partial charge in [0, 0.05) is 27.2 Å². The van der Waals surface area contributed by atoms with Crippen LogP contribution in [-0.2, 0) is 15.0 Å². The van der Waals surface area contributed by atoms with E-state index in [1.165, 1.54) is 22.7 Å². The molecule has 1 aliphatic rings. The van der Waals surface area contributed by atoms with Crippen molar-refractivity contribution < 1.29 is 13.2 Å². The molecule has 1 heterocycles. The highest BCUT2D eigenvalue weighted by Gasteiger charge is 2.36. The van der Waals surface area contributed by atoms with Gasteiger partial charge in [0.15, 0.2) is 0 Å². The van der Waals surface area contributed by atoms with Gasteiger partial charge in [-0.3, -0.25) is 4.79 Å². The Morgan fingerprint density at radius 2 is 2.09 bits per heavy atom. The summed E-state index contributed by atoms with van der Waals surface area (Å²) in [6.07, 6.45) is 0.555. The lowest BCUT2D eigenvalue weighted by molar-refractivity contribution is -0.125. The fourth-order valence-corrected chi connectivity index (χ4v) is 3.90. The highest BCUT2D eigenvalue weighted by Crippen LogP contribution is 2.22. The number of rotatable bonds is 5. The smallest absolute Gasteiger partial charge is 0.281 e. The Balaban J connectivity index is 1.97. The number of nitrogens with one attached hydrogen (secondary N) is 1. The van der Waals surface area contributed by atoms with E-state index in [-0.39, 0.29) is 24.4 Å². The van der Waals surface area contributed by atoms with Crippen LogP contribution in [0, 0.1) is 12.8 Å². The Labute approximate surface area is 138 Å². The zero-order chi connectivity index (χ0) is 17.2. The van der Waals surface area contributed by atoms with Gasteiger partial charge < -0.3 is 5.32 Å². The number of carbonyl (C=O) groups is 1. The number of benzene rings is 1. The molecule has 0 aliphatic carbocycles. The highest BCUT2D eigenvalue weighted by atomic mass is 32.2. The molecular weight excluding hydrogens is 314 g/mol. The Morgan fingerprint density at radius 1 is 1.39 bits per heavy atom. The van der Waals surface area contributed by atoms with Crippen LogP contribution in [0.5, 0.6) is 0 Å². The molecule has 1 aromatic carbocycles. The fourth-order valence-electron chi connectivity index (χ4n) is 2.74. The van der Waals surface area contributed by atoms with E-state index in [4.69, 9.17) is 0 Å². The normalized spacial score (nSPS) is 20.7. The first-order valence-electron chi connectivity index (χ1n) is 7.76. The van der Waals surface area contributed by atoms with Crippen LogP contribution in [-0.4, -0.2) is 50.1 Å². The maximum atomic E-state index is 12.4. The summed E-state index contributed by atoms with van der Waals surface area (Å²) in [5, 5.41) is 2.99. The number of aryl methyl sites for hydroxylation is 1. The van der Waals surface area contributed by atoms with Crippen molar-refractivity contribution in [2.75, 3.05) is 27.2 Å². The van der Waals surface area contributed by atoms with Gasteiger partial charge in [-0.1, -0.05) is 29.8 Å². The lowest BCUT2D eigenvalue weighted by atomic mass is 10.0. The van der Waals surface area contributed by atoms with Crippen LogP contribution < -0.4 is 5.32 Å². The van der Waals surface area contributed by atoms with Crippen molar-refractivity contribution in [3.63, 3.8) is 0 Å². The minimum Gasteiger partial charge on any atom is -0.349 e. The molecule has 1 fully saturated rings. The Kier molecular flexibility index (Phi) is 5.44. The number of hydrogen-bond donors (Lipinski definition) is 1. The molecule has 1 unspecified atom stereocenters. The lowest BCUT2D eigenvalue weighted by Gasteiger charge is -2.21. The van der Waals surface area contributed by atoms with Crippen molar-refractivity contribution in [3.05, 3.63) is 35.4 Å². The summed E-state index contributed by atoms with van der Waals surface area (Å²) in [6, 6.07) is 7.91. The van der Waals surface area contributed by atoms with Crippen LogP contribution in [0.3, 0.4) is 0 Å². The van der Waals surface area contributed by atoms with Crippen LogP contribution in [0.1, 0.15) is 30.5 Å². The van der Waals surface area contributed by atoms with E-state index in [1.54, 1.807) is 0 Å². The van der Waals surface area contributed by atoms with Gasteiger partial charge >= 0.3 is 0 Å². The van der Waals surface area contributed by atoms with Gasteiger partial charge in [-0.15, -0.1) is 0 Å². The first-order valence-corrected chi connectivity index (χ1v) is 9.16. The van der Waals surface area contributed by atoms with Crippen LogP contribution in [0.15, 0.2) is 24.3 Å². The van der Waals surface area contributed by atoms with E-state index in [2.05, 4.69) is 5.32 Å². The summed E-state index contributed by atoms with van der Waals surface area (Å²) in [5.74, 6) is -0.382. The maximum absolute atomic E-state index is 12.4.